The molecule has 2 unspecified atom stereocenters. The maximum absolute atomic E-state index is 14.1. The van der Waals surface area contributed by atoms with Crippen LogP contribution < -0.4 is 5.56 Å². The third-order valence-corrected chi connectivity index (χ3v) is 9.62. The topological polar surface area (TPSA) is 119 Å². The Labute approximate surface area is 249 Å². The summed E-state index contributed by atoms with van der Waals surface area (Å²) in [5.74, 6) is -0.416. The van der Waals surface area contributed by atoms with Gasteiger partial charge in [-0.1, -0.05) is 55.3 Å². The van der Waals surface area contributed by atoms with Crippen LogP contribution in [0, 0.1) is 11.2 Å². The lowest BCUT2D eigenvalue weighted by Crippen LogP contribution is -2.64. The Morgan fingerprint density at radius 3 is 2.42 bits per heavy atom. The number of piperidine rings is 1. The quantitative estimate of drug-likeness (QED) is 0.471. The van der Waals surface area contributed by atoms with E-state index in [1.807, 2.05) is 30.3 Å². The third-order valence-electron chi connectivity index (χ3n) is 9.62. The predicted octanol–water partition coefficient (Wildman–Crippen LogP) is 4.20. The fraction of sp³-hybridized carbons (Fsp3) is 0.438. The van der Waals surface area contributed by atoms with Crippen molar-refractivity contribution in [3.05, 3.63) is 88.7 Å². The fourth-order valence-electron chi connectivity index (χ4n) is 7.22. The molecule has 1 saturated carbocycles. The summed E-state index contributed by atoms with van der Waals surface area (Å²) in [5, 5.41) is 21.8. The van der Waals surface area contributed by atoms with Crippen molar-refractivity contribution >= 4 is 12.1 Å². The predicted molar refractivity (Wildman–Crippen MR) is 157 cm³/mol. The second-order valence-corrected chi connectivity index (χ2v) is 12.1. The van der Waals surface area contributed by atoms with Crippen molar-refractivity contribution in [3.63, 3.8) is 0 Å². The number of hydrogen-bond acceptors (Lipinski definition) is 5. The zero-order valence-corrected chi connectivity index (χ0v) is 23.9. The monoisotopic (exact) mass is 589 g/mol. The van der Waals surface area contributed by atoms with Crippen LogP contribution in [0.1, 0.15) is 43.7 Å². The molecular formula is C32H36FN5O5. The number of carbonyl (C=O) groups is 2. The van der Waals surface area contributed by atoms with E-state index in [0.29, 0.717) is 30.8 Å². The van der Waals surface area contributed by atoms with E-state index in [2.05, 4.69) is 4.98 Å². The van der Waals surface area contributed by atoms with E-state index in [1.165, 1.54) is 34.0 Å². The first-order valence-corrected chi connectivity index (χ1v) is 14.8. The lowest BCUT2D eigenvalue weighted by atomic mass is 9.66. The maximum atomic E-state index is 14.1. The summed E-state index contributed by atoms with van der Waals surface area (Å²) in [6.45, 7) is 1.41. The number of halogens is 1. The highest BCUT2D eigenvalue weighted by Crippen LogP contribution is 2.52. The molecule has 2 N–H and O–H groups in total. The van der Waals surface area contributed by atoms with Gasteiger partial charge in [-0.05, 0) is 37.0 Å². The van der Waals surface area contributed by atoms with E-state index in [0.717, 1.165) is 31.2 Å². The molecule has 2 atom stereocenters. The van der Waals surface area contributed by atoms with Crippen molar-refractivity contribution in [3.8, 4) is 11.3 Å². The van der Waals surface area contributed by atoms with Crippen molar-refractivity contribution in [1.82, 2.24) is 24.3 Å². The molecule has 3 aromatic rings. The van der Waals surface area contributed by atoms with Gasteiger partial charge >= 0.3 is 12.1 Å². The minimum atomic E-state index is -1.23. The number of nitrogens with zero attached hydrogens (tertiary/aromatic N) is 5. The first-order valence-electron chi connectivity index (χ1n) is 14.8. The molecule has 3 fully saturated rings. The van der Waals surface area contributed by atoms with E-state index in [-0.39, 0.29) is 37.8 Å². The average Bonchev–Trinajstić information content (AvgIpc) is 3.49. The number of aliphatic hydroxyl groups is 1. The normalized spacial score (nSPS) is 23.5. The highest BCUT2D eigenvalue weighted by Gasteiger charge is 2.56. The van der Waals surface area contributed by atoms with E-state index in [4.69, 9.17) is 0 Å². The van der Waals surface area contributed by atoms with Gasteiger partial charge in [-0.3, -0.25) is 9.36 Å². The van der Waals surface area contributed by atoms with Gasteiger partial charge in [0.25, 0.3) is 5.56 Å². The van der Waals surface area contributed by atoms with Crippen molar-refractivity contribution in [1.29, 1.82) is 0 Å². The Morgan fingerprint density at radius 2 is 1.72 bits per heavy atom. The molecule has 11 heteroatoms. The summed E-state index contributed by atoms with van der Waals surface area (Å²) in [6, 6.07) is 16.2. The van der Waals surface area contributed by atoms with Crippen LogP contribution in [0.3, 0.4) is 0 Å². The first-order chi connectivity index (χ1) is 20.7. The molecule has 43 heavy (non-hydrogen) atoms. The molecule has 3 aliphatic rings. The number of rotatable bonds is 4. The van der Waals surface area contributed by atoms with E-state index < -0.39 is 29.0 Å². The second kappa shape index (κ2) is 11.4. The number of urea groups is 1. The highest BCUT2D eigenvalue weighted by molar-refractivity contribution is 5.76. The van der Waals surface area contributed by atoms with Gasteiger partial charge in [-0.25, -0.2) is 19.0 Å². The number of benzene rings is 2. The zero-order valence-electron chi connectivity index (χ0n) is 23.9. The van der Waals surface area contributed by atoms with Crippen LogP contribution >= 0.6 is 0 Å². The van der Waals surface area contributed by atoms with Crippen LogP contribution in [-0.2, 0) is 6.54 Å². The minimum absolute atomic E-state index is 0.0498. The summed E-state index contributed by atoms with van der Waals surface area (Å²) in [5.41, 5.74) is -0.421. The van der Waals surface area contributed by atoms with Crippen LogP contribution in [0.25, 0.3) is 11.3 Å². The first kappa shape index (κ1) is 28.9. The highest BCUT2D eigenvalue weighted by atomic mass is 19.1. The van der Waals surface area contributed by atoms with Crippen LogP contribution in [0.2, 0.25) is 0 Å². The van der Waals surface area contributed by atoms with Gasteiger partial charge < -0.3 is 24.9 Å². The number of hydrogen-bond donors (Lipinski definition) is 2. The zero-order chi connectivity index (χ0) is 30.2. The van der Waals surface area contributed by atoms with E-state index >= 15 is 0 Å². The molecule has 1 spiro atoms. The number of amides is 3. The Morgan fingerprint density at radius 1 is 0.953 bits per heavy atom. The Bertz CT molecular complexity index is 1560. The molecule has 3 amide bonds. The van der Waals surface area contributed by atoms with E-state index in [9.17, 15) is 29.0 Å². The molecule has 10 nitrogen and oxygen atoms in total. The Balaban J connectivity index is 1.23. The van der Waals surface area contributed by atoms with Crippen LogP contribution in [0.15, 0.2) is 71.8 Å². The number of likely N-dealkylation sites (tertiary alicyclic amines) is 1. The Kier molecular flexibility index (Phi) is 7.68. The van der Waals surface area contributed by atoms with Crippen molar-refractivity contribution in [2.24, 2.45) is 5.41 Å². The van der Waals surface area contributed by atoms with Gasteiger partial charge in [0.1, 0.15) is 5.82 Å². The number of aromatic nitrogens is 2. The van der Waals surface area contributed by atoms with Crippen LogP contribution in [-0.4, -0.2) is 84.9 Å². The van der Waals surface area contributed by atoms with Crippen molar-refractivity contribution < 1.29 is 24.2 Å². The summed E-state index contributed by atoms with van der Waals surface area (Å²) in [6.07, 6.45) is 3.99. The SMILES string of the molecule is O=C(O)N1CCN(C(=O)N2CCC(O)(Cn3cnc(-c4cccc(F)c4)cc3=O)C3(CCCC3)C2)C(c2ccccc2)C1. The lowest BCUT2D eigenvalue weighted by molar-refractivity contribution is -0.137. The van der Waals surface area contributed by atoms with Crippen LogP contribution in [0.5, 0.6) is 0 Å². The molecule has 3 heterocycles. The van der Waals surface area contributed by atoms with Gasteiger partial charge in [0.05, 0.1) is 30.2 Å². The second-order valence-electron chi connectivity index (χ2n) is 12.1. The third kappa shape index (κ3) is 5.49. The van der Waals surface area contributed by atoms with Gasteiger partial charge in [-0.2, -0.15) is 0 Å². The summed E-state index contributed by atoms with van der Waals surface area (Å²) >= 11 is 0. The molecule has 1 aliphatic carbocycles. The maximum Gasteiger partial charge on any atom is 0.407 e. The summed E-state index contributed by atoms with van der Waals surface area (Å²) < 4.78 is 15.1. The molecular weight excluding hydrogens is 553 g/mol. The summed E-state index contributed by atoms with van der Waals surface area (Å²) in [7, 11) is 0. The molecule has 0 bridgehead atoms. The molecule has 226 valence electrons. The number of carboxylic acid groups (broad SMARTS) is 1. The number of carbonyl (C=O) groups excluding carboxylic acids is 1. The van der Waals surface area contributed by atoms with Crippen molar-refractivity contribution in [2.75, 3.05) is 32.7 Å². The Hall–Kier alpha value is -4.25. The fourth-order valence-corrected chi connectivity index (χ4v) is 7.22. The standard InChI is InChI=1S/C32H36FN5O5/c33-25-10-6-9-24(17-25)26-18-28(39)37(22-34-26)21-32(43)13-14-36(20-31(32)11-4-5-12-31)29(40)38-16-15-35(30(41)42)19-27(38)23-7-2-1-3-8-23/h1-3,6-10,17-18,22,27,43H,4-5,11-16,19-21H2,(H,41,42). The molecule has 2 aliphatic heterocycles. The molecule has 2 aromatic carbocycles. The molecule has 1 aromatic heterocycles. The van der Waals surface area contributed by atoms with Gasteiger partial charge in [0, 0.05) is 49.8 Å². The largest absolute Gasteiger partial charge is 0.465 e. The molecule has 2 saturated heterocycles. The van der Waals surface area contributed by atoms with Gasteiger partial charge in [0.2, 0.25) is 0 Å². The smallest absolute Gasteiger partial charge is 0.407 e. The number of piperazine rings is 1. The van der Waals surface area contributed by atoms with Crippen LogP contribution in [0.4, 0.5) is 14.0 Å². The summed E-state index contributed by atoms with van der Waals surface area (Å²) in [4.78, 5) is 48.3. The molecule has 0 radical (unpaired) electrons. The molecule has 6 rings (SSSR count). The minimum Gasteiger partial charge on any atom is -0.465 e. The van der Waals surface area contributed by atoms with Gasteiger partial charge in [0.15, 0.2) is 0 Å². The lowest BCUT2D eigenvalue weighted by Gasteiger charge is -2.53. The van der Waals surface area contributed by atoms with E-state index in [1.54, 1.807) is 21.9 Å². The van der Waals surface area contributed by atoms with Crippen molar-refractivity contribution in [2.45, 2.75) is 50.3 Å². The average molecular weight is 590 g/mol. The van der Waals surface area contributed by atoms with Gasteiger partial charge in [-0.15, -0.1) is 0 Å².